The fourth-order valence-electron chi connectivity index (χ4n) is 2.53. The second kappa shape index (κ2) is 6.70. The molecule has 0 saturated heterocycles. The molecule has 9 heteroatoms. The van der Waals surface area contributed by atoms with E-state index < -0.39 is 10.8 Å². The summed E-state index contributed by atoms with van der Waals surface area (Å²) in [6.07, 6.45) is 4.96. The number of hydrogen-bond donors (Lipinski definition) is 2. The van der Waals surface area contributed by atoms with Crippen molar-refractivity contribution in [1.29, 1.82) is 0 Å². The van der Waals surface area contributed by atoms with Crippen LogP contribution in [0.4, 0.5) is 10.8 Å². The highest BCUT2D eigenvalue weighted by molar-refractivity contribution is 7.13. The van der Waals surface area contributed by atoms with Gasteiger partial charge in [0, 0.05) is 28.9 Å². The maximum atomic E-state index is 12.2. The standard InChI is InChI=1S/C17H12N4O3S2/c22-14(20-16-18-5-6-25-16)9-21-15(23)13(26-17(21)24)7-10-8-19-12-4-2-1-3-11(10)12/h1-8,23H,9H2,(H,18,20,22)/b10-7+. The zero-order valence-corrected chi connectivity index (χ0v) is 14.9. The number of carbonyl (C=O) groups is 1. The third-order valence-corrected chi connectivity index (χ3v) is 5.32. The fourth-order valence-corrected chi connectivity index (χ4v) is 3.91. The van der Waals surface area contributed by atoms with Crippen LogP contribution < -0.4 is 10.2 Å². The Morgan fingerprint density at radius 3 is 3.00 bits per heavy atom. The number of nitrogens with zero attached hydrogens (tertiary/aromatic N) is 3. The number of benzene rings is 1. The average molecular weight is 384 g/mol. The molecule has 0 fully saturated rings. The number of fused-ring (bicyclic) bond motifs is 1. The largest absolute Gasteiger partial charge is 0.493 e. The lowest BCUT2D eigenvalue weighted by Gasteiger charge is -2.04. The highest BCUT2D eigenvalue weighted by Crippen LogP contribution is 2.34. The van der Waals surface area contributed by atoms with Crippen molar-refractivity contribution >= 4 is 57.3 Å². The summed E-state index contributed by atoms with van der Waals surface area (Å²) in [4.78, 5) is 32.5. The number of carbonyl (C=O) groups excluding carboxylic acids is 1. The van der Waals surface area contributed by atoms with Crippen molar-refractivity contribution in [3.63, 3.8) is 0 Å². The van der Waals surface area contributed by atoms with E-state index in [2.05, 4.69) is 15.3 Å². The van der Waals surface area contributed by atoms with Gasteiger partial charge in [-0.1, -0.05) is 29.5 Å². The topological polar surface area (TPSA) is 96.6 Å². The van der Waals surface area contributed by atoms with Crippen LogP contribution in [0.15, 0.2) is 45.6 Å². The second-order valence-electron chi connectivity index (χ2n) is 5.40. The molecule has 1 aliphatic heterocycles. The first kappa shape index (κ1) is 16.4. The van der Waals surface area contributed by atoms with Gasteiger partial charge in [-0.05, 0) is 12.1 Å². The van der Waals surface area contributed by atoms with Crippen molar-refractivity contribution in [3.8, 4) is 5.88 Å². The molecule has 0 atom stereocenters. The van der Waals surface area contributed by atoms with Crippen molar-refractivity contribution in [3.05, 3.63) is 56.0 Å². The van der Waals surface area contributed by atoms with Crippen LogP contribution in [0.1, 0.15) is 10.4 Å². The molecule has 0 spiro atoms. The second-order valence-corrected chi connectivity index (χ2v) is 7.29. The number of thiazole rings is 2. The van der Waals surface area contributed by atoms with Gasteiger partial charge >= 0.3 is 4.87 Å². The van der Waals surface area contributed by atoms with Gasteiger partial charge in [-0.15, -0.1) is 11.3 Å². The molecule has 0 radical (unpaired) electrons. The monoisotopic (exact) mass is 384 g/mol. The molecule has 130 valence electrons. The number of nitrogens with one attached hydrogen (secondary N) is 1. The molecule has 2 aromatic heterocycles. The molecule has 0 aliphatic carbocycles. The van der Waals surface area contributed by atoms with Gasteiger partial charge in [-0.2, -0.15) is 0 Å². The molecule has 0 unspecified atom stereocenters. The van der Waals surface area contributed by atoms with Crippen LogP contribution in [0.2, 0.25) is 0 Å². The minimum absolute atomic E-state index is 0.237. The Kier molecular flexibility index (Phi) is 4.23. The molecular formula is C17H12N4O3S2. The van der Waals surface area contributed by atoms with E-state index in [4.69, 9.17) is 0 Å². The van der Waals surface area contributed by atoms with Crippen LogP contribution in [0.25, 0.3) is 11.6 Å². The summed E-state index contributed by atoms with van der Waals surface area (Å²) in [5, 5.41) is 15.1. The van der Waals surface area contributed by atoms with Crippen LogP contribution >= 0.6 is 22.7 Å². The number of hydrogen-bond acceptors (Lipinski definition) is 7. The lowest BCUT2D eigenvalue weighted by molar-refractivity contribution is -0.116. The normalized spacial score (nSPS) is 13.9. The SMILES string of the molecule is O=C(Cn1c(O)c(/C=C2\C=Nc3ccccc32)sc1=O)Nc1nccs1. The van der Waals surface area contributed by atoms with Gasteiger partial charge in [-0.25, -0.2) is 4.98 Å². The number of allylic oxidation sites excluding steroid dienone is 1. The zero-order chi connectivity index (χ0) is 18.1. The Bertz CT molecular complexity index is 1090. The van der Waals surface area contributed by atoms with Crippen molar-refractivity contribution in [2.24, 2.45) is 4.99 Å². The molecule has 3 aromatic rings. The summed E-state index contributed by atoms with van der Waals surface area (Å²) in [5.74, 6) is -0.665. The first-order valence-electron chi connectivity index (χ1n) is 7.59. The first-order chi connectivity index (χ1) is 12.6. The van der Waals surface area contributed by atoms with Gasteiger partial charge in [0.25, 0.3) is 0 Å². The number of amides is 1. The van der Waals surface area contributed by atoms with Crippen LogP contribution in [0, 0.1) is 0 Å². The predicted octanol–water partition coefficient (Wildman–Crippen LogP) is 2.97. The van der Waals surface area contributed by atoms with Crippen LogP contribution in [-0.4, -0.2) is 26.8 Å². The third-order valence-electron chi connectivity index (χ3n) is 3.72. The van der Waals surface area contributed by atoms with Gasteiger partial charge in [0.2, 0.25) is 11.8 Å². The summed E-state index contributed by atoms with van der Waals surface area (Å²) < 4.78 is 1.04. The summed E-state index contributed by atoms with van der Waals surface area (Å²) in [5.41, 5.74) is 2.57. The molecule has 4 rings (SSSR count). The summed E-state index contributed by atoms with van der Waals surface area (Å²) in [6.45, 7) is -0.283. The van der Waals surface area contributed by atoms with Gasteiger partial charge in [0.15, 0.2) is 5.13 Å². The van der Waals surface area contributed by atoms with Gasteiger partial charge in [0.1, 0.15) is 6.54 Å². The fraction of sp³-hybridized carbons (Fsp3) is 0.0588. The summed E-state index contributed by atoms with van der Waals surface area (Å²) in [7, 11) is 0. The molecule has 1 aromatic carbocycles. The first-order valence-corrected chi connectivity index (χ1v) is 9.28. The lowest BCUT2D eigenvalue weighted by atomic mass is 10.1. The molecule has 3 heterocycles. The quantitative estimate of drug-likeness (QED) is 0.723. The van der Waals surface area contributed by atoms with Crippen molar-refractivity contribution in [1.82, 2.24) is 9.55 Å². The third kappa shape index (κ3) is 3.09. The minimum Gasteiger partial charge on any atom is -0.493 e. The van der Waals surface area contributed by atoms with Crippen molar-refractivity contribution < 1.29 is 9.90 Å². The highest BCUT2D eigenvalue weighted by atomic mass is 32.1. The Morgan fingerprint density at radius 2 is 2.19 bits per heavy atom. The van der Waals surface area contributed by atoms with Crippen LogP contribution in [0.3, 0.4) is 0 Å². The lowest BCUT2D eigenvalue weighted by Crippen LogP contribution is -2.23. The number of para-hydroxylation sites is 1. The van der Waals surface area contributed by atoms with E-state index in [9.17, 15) is 14.7 Å². The Labute approximate surface area is 155 Å². The van der Waals surface area contributed by atoms with E-state index in [0.29, 0.717) is 10.0 Å². The van der Waals surface area contributed by atoms with Crippen molar-refractivity contribution in [2.75, 3.05) is 5.32 Å². The Hall–Kier alpha value is -3.04. The number of anilines is 1. The van der Waals surface area contributed by atoms with Gasteiger partial charge in [-0.3, -0.25) is 19.1 Å². The maximum absolute atomic E-state index is 12.2. The summed E-state index contributed by atoms with van der Waals surface area (Å²) in [6, 6.07) is 7.61. The number of aromatic hydroxyl groups is 1. The van der Waals surface area contributed by atoms with Gasteiger partial charge < -0.3 is 10.4 Å². The van der Waals surface area contributed by atoms with E-state index in [1.807, 2.05) is 24.3 Å². The molecule has 7 nitrogen and oxygen atoms in total. The van der Waals surface area contributed by atoms with Crippen LogP contribution in [-0.2, 0) is 11.3 Å². The number of aliphatic imine (C=N–C) groups is 1. The maximum Gasteiger partial charge on any atom is 0.311 e. The van der Waals surface area contributed by atoms with Gasteiger partial charge in [0.05, 0.1) is 10.6 Å². The highest BCUT2D eigenvalue weighted by Gasteiger charge is 2.18. The minimum atomic E-state index is -0.429. The molecule has 26 heavy (non-hydrogen) atoms. The summed E-state index contributed by atoms with van der Waals surface area (Å²) >= 11 is 2.15. The molecule has 2 N–H and O–H groups in total. The Morgan fingerprint density at radius 1 is 1.35 bits per heavy atom. The van der Waals surface area contributed by atoms with Crippen LogP contribution in [0.5, 0.6) is 5.88 Å². The predicted molar refractivity (Wildman–Crippen MR) is 103 cm³/mol. The number of rotatable bonds is 4. The van der Waals surface area contributed by atoms with E-state index in [1.165, 1.54) is 11.3 Å². The zero-order valence-electron chi connectivity index (χ0n) is 13.2. The Balaban J connectivity index is 1.60. The molecule has 1 aliphatic rings. The smallest absolute Gasteiger partial charge is 0.311 e. The molecule has 1 amide bonds. The van der Waals surface area contributed by atoms with E-state index in [1.54, 1.807) is 23.9 Å². The molecule has 0 saturated carbocycles. The van der Waals surface area contributed by atoms with Crippen molar-refractivity contribution in [2.45, 2.75) is 6.54 Å². The average Bonchev–Trinajstić information content (AvgIpc) is 3.33. The van der Waals surface area contributed by atoms with E-state index in [0.717, 1.165) is 32.7 Å². The van der Waals surface area contributed by atoms with E-state index in [-0.39, 0.29) is 12.4 Å². The van der Waals surface area contributed by atoms with E-state index >= 15 is 0 Å². The molecule has 0 bridgehead atoms. The number of aromatic nitrogens is 2. The molecular weight excluding hydrogens is 372 g/mol.